The van der Waals surface area contributed by atoms with Crippen LogP contribution in [0.25, 0.3) is 0 Å². The van der Waals surface area contributed by atoms with Crippen molar-refractivity contribution in [3.8, 4) is 11.5 Å². The molecule has 1 aliphatic heterocycles. The SMILES string of the molecule is CCOc1cc2c(cc1CNC(=O)[C@@H](CCSC)NC(=O)c1cccc(C)c1)O[C@H](C)C2. The van der Waals surface area contributed by atoms with Crippen LogP contribution in [0, 0.1) is 6.92 Å². The Balaban J connectivity index is 1.70. The number of carbonyl (C=O) groups is 2. The van der Waals surface area contributed by atoms with E-state index in [1.165, 1.54) is 0 Å². The molecule has 172 valence electrons. The summed E-state index contributed by atoms with van der Waals surface area (Å²) in [6.07, 6.45) is 3.52. The summed E-state index contributed by atoms with van der Waals surface area (Å²) in [5.74, 6) is 1.91. The van der Waals surface area contributed by atoms with Crippen LogP contribution >= 0.6 is 11.8 Å². The van der Waals surface area contributed by atoms with Gasteiger partial charge in [-0.05, 0) is 63.5 Å². The Hall–Kier alpha value is -2.67. The van der Waals surface area contributed by atoms with Crippen LogP contribution in [0.1, 0.15) is 47.3 Å². The first-order valence-corrected chi connectivity index (χ1v) is 12.4. The first-order chi connectivity index (χ1) is 15.4. The molecule has 2 N–H and O–H groups in total. The maximum Gasteiger partial charge on any atom is 0.251 e. The number of thioether (sulfide) groups is 1. The Morgan fingerprint density at radius 3 is 2.81 bits per heavy atom. The topological polar surface area (TPSA) is 76.7 Å². The van der Waals surface area contributed by atoms with Crippen LogP contribution in [0.4, 0.5) is 0 Å². The van der Waals surface area contributed by atoms with Crippen LogP contribution in [0.3, 0.4) is 0 Å². The molecule has 2 aromatic carbocycles. The van der Waals surface area contributed by atoms with Gasteiger partial charge in [0.15, 0.2) is 0 Å². The lowest BCUT2D eigenvalue weighted by Crippen LogP contribution is -2.46. The predicted octanol–water partition coefficient (Wildman–Crippen LogP) is 3.89. The molecular weight excluding hydrogens is 424 g/mol. The van der Waals surface area contributed by atoms with Gasteiger partial charge in [0.1, 0.15) is 23.6 Å². The number of carbonyl (C=O) groups excluding carboxylic acids is 2. The molecule has 0 bridgehead atoms. The monoisotopic (exact) mass is 456 g/mol. The lowest BCUT2D eigenvalue weighted by atomic mass is 10.1. The highest BCUT2D eigenvalue weighted by Crippen LogP contribution is 2.35. The Morgan fingerprint density at radius 2 is 2.09 bits per heavy atom. The number of hydrogen-bond donors (Lipinski definition) is 2. The molecule has 0 radical (unpaired) electrons. The lowest BCUT2D eigenvalue weighted by Gasteiger charge is -2.19. The Labute approximate surface area is 194 Å². The van der Waals surface area contributed by atoms with Gasteiger partial charge >= 0.3 is 0 Å². The van der Waals surface area contributed by atoms with Crippen molar-refractivity contribution in [1.29, 1.82) is 0 Å². The predicted molar refractivity (Wildman–Crippen MR) is 129 cm³/mol. The summed E-state index contributed by atoms with van der Waals surface area (Å²) in [5, 5.41) is 5.88. The fraction of sp³-hybridized carbons (Fsp3) is 0.440. The largest absolute Gasteiger partial charge is 0.494 e. The molecule has 2 amide bonds. The number of ether oxygens (including phenoxy) is 2. The van der Waals surface area contributed by atoms with E-state index in [2.05, 4.69) is 10.6 Å². The molecule has 1 aliphatic rings. The van der Waals surface area contributed by atoms with E-state index in [1.807, 2.05) is 57.4 Å². The molecule has 2 aromatic rings. The van der Waals surface area contributed by atoms with Crippen LogP contribution in [0.2, 0.25) is 0 Å². The molecule has 32 heavy (non-hydrogen) atoms. The van der Waals surface area contributed by atoms with Gasteiger partial charge in [0.05, 0.1) is 6.61 Å². The van der Waals surface area contributed by atoms with Crippen molar-refractivity contribution in [1.82, 2.24) is 10.6 Å². The number of hydrogen-bond acceptors (Lipinski definition) is 5. The number of rotatable bonds is 10. The number of amides is 2. The third-order valence-corrected chi connectivity index (χ3v) is 5.99. The van der Waals surface area contributed by atoms with Gasteiger partial charge in [-0.15, -0.1) is 0 Å². The van der Waals surface area contributed by atoms with Crippen LogP contribution < -0.4 is 20.1 Å². The first kappa shape index (κ1) is 24.0. The van der Waals surface area contributed by atoms with E-state index in [9.17, 15) is 9.59 Å². The Morgan fingerprint density at radius 1 is 1.28 bits per heavy atom. The molecule has 0 fully saturated rings. The van der Waals surface area contributed by atoms with Crippen molar-refractivity contribution in [3.05, 3.63) is 58.7 Å². The van der Waals surface area contributed by atoms with Crippen molar-refractivity contribution >= 4 is 23.6 Å². The van der Waals surface area contributed by atoms with Crippen molar-refractivity contribution in [2.24, 2.45) is 0 Å². The number of nitrogens with one attached hydrogen (secondary N) is 2. The third kappa shape index (κ3) is 6.19. The summed E-state index contributed by atoms with van der Waals surface area (Å²) in [6, 6.07) is 10.7. The third-order valence-electron chi connectivity index (χ3n) is 5.34. The highest BCUT2D eigenvalue weighted by Gasteiger charge is 2.24. The van der Waals surface area contributed by atoms with Crippen molar-refractivity contribution in [2.45, 2.75) is 52.3 Å². The van der Waals surface area contributed by atoms with E-state index in [0.717, 1.165) is 40.4 Å². The van der Waals surface area contributed by atoms with Gasteiger partial charge in [0.2, 0.25) is 5.91 Å². The van der Waals surface area contributed by atoms with Crippen LogP contribution in [-0.2, 0) is 17.8 Å². The van der Waals surface area contributed by atoms with Crippen LogP contribution in [0.5, 0.6) is 11.5 Å². The van der Waals surface area contributed by atoms with E-state index in [-0.39, 0.29) is 17.9 Å². The second-order valence-electron chi connectivity index (χ2n) is 8.03. The van der Waals surface area contributed by atoms with Gasteiger partial charge in [-0.2, -0.15) is 11.8 Å². The summed E-state index contributed by atoms with van der Waals surface area (Å²) in [4.78, 5) is 25.7. The van der Waals surface area contributed by atoms with E-state index >= 15 is 0 Å². The Kier molecular flexibility index (Phi) is 8.45. The fourth-order valence-electron chi connectivity index (χ4n) is 3.75. The van der Waals surface area contributed by atoms with E-state index in [0.29, 0.717) is 25.1 Å². The second kappa shape index (κ2) is 11.3. The summed E-state index contributed by atoms with van der Waals surface area (Å²) >= 11 is 1.64. The highest BCUT2D eigenvalue weighted by molar-refractivity contribution is 7.98. The number of fused-ring (bicyclic) bond motifs is 1. The summed E-state index contributed by atoms with van der Waals surface area (Å²) in [7, 11) is 0. The smallest absolute Gasteiger partial charge is 0.251 e. The Bertz CT molecular complexity index is 963. The molecular formula is C25H32N2O4S. The minimum atomic E-state index is -0.614. The zero-order chi connectivity index (χ0) is 23.1. The molecule has 0 unspecified atom stereocenters. The van der Waals surface area contributed by atoms with Crippen LogP contribution in [-0.4, -0.2) is 42.6 Å². The number of aryl methyl sites for hydroxylation is 1. The molecule has 6 nitrogen and oxygen atoms in total. The van der Waals surface area contributed by atoms with E-state index < -0.39 is 6.04 Å². The molecule has 0 aromatic heterocycles. The van der Waals surface area contributed by atoms with Crippen molar-refractivity contribution in [2.75, 3.05) is 18.6 Å². The standard InChI is InChI=1S/C25H32N2O4S/c1-5-30-22-13-19-12-17(3)31-23(19)14-20(22)15-26-25(29)21(9-10-32-4)27-24(28)18-8-6-7-16(2)11-18/h6-8,11,13-14,17,21H,5,9-10,12,15H2,1-4H3,(H,26,29)(H,27,28)/t17-,21-/m1/s1. The lowest BCUT2D eigenvalue weighted by molar-refractivity contribution is -0.123. The zero-order valence-corrected chi connectivity index (χ0v) is 20.0. The molecule has 7 heteroatoms. The quantitative estimate of drug-likeness (QED) is 0.567. The summed E-state index contributed by atoms with van der Waals surface area (Å²) in [5.41, 5.74) is 3.54. The molecule has 0 saturated carbocycles. The zero-order valence-electron chi connectivity index (χ0n) is 19.2. The molecule has 2 atom stereocenters. The molecule has 3 rings (SSSR count). The summed E-state index contributed by atoms with van der Waals surface area (Å²) < 4.78 is 11.7. The molecule has 0 spiro atoms. The van der Waals surface area contributed by atoms with Crippen molar-refractivity contribution < 1.29 is 19.1 Å². The van der Waals surface area contributed by atoms with Gasteiger partial charge < -0.3 is 20.1 Å². The molecule has 0 saturated heterocycles. The molecule has 0 aliphatic carbocycles. The molecule has 1 heterocycles. The maximum atomic E-state index is 13.0. The average Bonchev–Trinajstić information content (AvgIpc) is 3.13. The van der Waals surface area contributed by atoms with Gasteiger partial charge in [-0.1, -0.05) is 17.7 Å². The van der Waals surface area contributed by atoms with Crippen LogP contribution in [0.15, 0.2) is 36.4 Å². The minimum Gasteiger partial charge on any atom is -0.494 e. The minimum absolute atomic E-state index is 0.136. The van der Waals surface area contributed by atoms with Gasteiger partial charge in [0, 0.05) is 29.7 Å². The fourth-order valence-corrected chi connectivity index (χ4v) is 4.22. The summed E-state index contributed by atoms with van der Waals surface area (Å²) in [6.45, 7) is 6.75. The average molecular weight is 457 g/mol. The van der Waals surface area contributed by atoms with E-state index in [1.54, 1.807) is 17.8 Å². The second-order valence-corrected chi connectivity index (χ2v) is 9.01. The normalized spacial score (nSPS) is 15.4. The van der Waals surface area contributed by atoms with E-state index in [4.69, 9.17) is 9.47 Å². The first-order valence-electron chi connectivity index (χ1n) is 11.0. The van der Waals surface area contributed by atoms with Gasteiger partial charge in [-0.25, -0.2) is 0 Å². The van der Waals surface area contributed by atoms with Gasteiger partial charge in [-0.3, -0.25) is 9.59 Å². The van der Waals surface area contributed by atoms with Gasteiger partial charge in [0.25, 0.3) is 5.91 Å². The number of benzene rings is 2. The van der Waals surface area contributed by atoms with Crippen molar-refractivity contribution in [3.63, 3.8) is 0 Å². The maximum absolute atomic E-state index is 13.0. The highest BCUT2D eigenvalue weighted by atomic mass is 32.2.